The second-order valence-electron chi connectivity index (χ2n) is 8.45. The van der Waals surface area contributed by atoms with Crippen molar-refractivity contribution in [1.82, 2.24) is 0 Å². The molecule has 1 N–H and O–H groups in total. The van der Waals surface area contributed by atoms with Crippen LogP contribution in [0.25, 0.3) is 0 Å². The van der Waals surface area contributed by atoms with Gasteiger partial charge in [-0.05, 0) is 29.5 Å². The zero-order valence-electron chi connectivity index (χ0n) is 15.7. The van der Waals surface area contributed by atoms with Crippen molar-refractivity contribution in [1.29, 1.82) is 0 Å². The number of aliphatic imine (C=N–C) groups is 1. The first kappa shape index (κ1) is 17.6. The van der Waals surface area contributed by atoms with Crippen LogP contribution in [-0.2, 0) is 10.2 Å². The van der Waals surface area contributed by atoms with E-state index in [2.05, 4.69) is 61.4 Å². The lowest BCUT2D eigenvalue weighted by molar-refractivity contribution is -0.120. The molecule has 2 heterocycles. The number of nitrogens with one attached hydrogen (secondary N) is 1. The summed E-state index contributed by atoms with van der Waals surface area (Å²) in [6.07, 6.45) is 10.4. The molecule has 3 atom stereocenters. The van der Waals surface area contributed by atoms with Gasteiger partial charge >= 0.3 is 0 Å². The summed E-state index contributed by atoms with van der Waals surface area (Å²) in [7, 11) is 0. The van der Waals surface area contributed by atoms with Gasteiger partial charge in [0.15, 0.2) is 0 Å². The van der Waals surface area contributed by atoms with Crippen molar-refractivity contribution in [3.05, 3.63) is 54.3 Å². The summed E-state index contributed by atoms with van der Waals surface area (Å²) in [4.78, 5) is 17.6. The number of rotatable bonds is 2. The van der Waals surface area contributed by atoms with Crippen molar-refractivity contribution >= 4 is 29.1 Å². The molecular formula is C22H26N2OS. The number of benzene rings is 1. The largest absolute Gasteiger partial charge is 0.326 e. The van der Waals surface area contributed by atoms with E-state index in [1.807, 2.05) is 30.1 Å². The van der Waals surface area contributed by atoms with E-state index in [-0.39, 0.29) is 27.9 Å². The van der Waals surface area contributed by atoms with E-state index in [0.717, 1.165) is 24.3 Å². The van der Waals surface area contributed by atoms with Crippen LogP contribution in [-0.4, -0.2) is 22.1 Å². The van der Waals surface area contributed by atoms with Gasteiger partial charge in [-0.2, -0.15) is 0 Å². The molecule has 3 aliphatic rings. The first-order valence-electron chi connectivity index (χ1n) is 9.34. The van der Waals surface area contributed by atoms with Gasteiger partial charge in [-0.3, -0.25) is 9.79 Å². The molecule has 1 fully saturated rings. The van der Waals surface area contributed by atoms with Gasteiger partial charge in [0.05, 0.1) is 10.7 Å². The fourth-order valence-electron chi connectivity index (χ4n) is 4.18. The molecule has 1 saturated heterocycles. The van der Waals surface area contributed by atoms with E-state index in [4.69, 9.17) is 0 Å². The van der Waals surface area contributed by atoms with Crippen LogP contribution in [0.5, 0.6) is 0 Å². The Morgan fingerprint density at radius 1 is 1.23 bits per heavy atom. The fourth-order valence-corrected chi connectivity index (χ4v) is 5.97. The van der Waals surface area contributed by atoms with Crippen LogP contribution in [0.15, 0.2) is 53.7 Å². The van der Waals surface area contributed by atoms with Crippen molar-refractivity contribution in [3.8, 4) is 0 Å². The number of carbonyl (C=O) groups is 1. The first-order valence-corrected chi connectivity index (χ1v) is 10.3. The third-order valence-corrected chi connectivity index (χ3v) is 7.47. The highest BCUT2D eigenvalue weighted by atomic mass is 32.2. The Balaban J connectivity index is 1.50. The minimum Gasteiger partial charge on any atom is -0.326 e. The van der Waals surface area contributed by atoms with E-state index >= 15 is 0 Å². The Labute approximate surface area is 160 Å². The SMILES string of the molecule is CC(C)(C)c1ccc(NC(=O)C2CSC34CC=CCC3=NC=CC24)cc1. The zero-order chi connectivity index (χ0) is 18.4. The lowest BCUT2D eigenvalue weighted by Gasteiger charge is -2.38. The predicted molar refractivity (Wildman–Crippen MR) is 111 cm³/mol. The molecule has 0 aromatic heterocycles. The first-order chi connectivity index (χ1) is 12.4. The van der Waals surface area contributed by atoms with Gasteiger partial charge in [0.1, 0.15) is 0 Å². The number of anilines is 1. The van der Waals surface area contributed by atoms with Gasteiger partial charge in [-0.15, -0.1) is 11.8 Å². The molecule has 1 aromatic carbocycles. The topological polar surface area (TPSA) is 41.5 Å². The molecule has 0 saturated carbocycles. The maximum absolute atomic E-state index is 13.0. The van der Waals surface area contributed by atoms with Crippen molar-refractivity contribution in [3.63, 3.8) is 0 Å². The molecule has 136 valence electrons. The van der Waals surface area contributed by atoms with Gasteiger partial charge in [0.2, 0.25) is 5.91 Å². The summed E-state index contributed by atoms with van der Waals surface area (Å²) in [5, 5.41) is 3.14. The summed E-state index contributed by atoms with van der Waals surface area (Å²) >= 11 is 1.92. The number of allylic oxidation sites excluding steroid dienone is 3. The standard InChI is InChI=1S/C22H26N2OS/c1-21(2,3)15-7-9-16(10-8-15)24-20(25)17-14-26-22-12-5-4-6-19(22)23-13-11-18(17)22/h4-5,7-11,13,17-18H,6,12,14H2,1-3H3,(H,24,25). The van der Waals surface area contributed by atoms with Crippen LogP contribution in [0, 0.1) is 11.8 Å². The van der Waals surface area contributed by atoms with Crippen LogP contribution >= 0.6 is 11.8 Å². The molecule has 1 aliphatic carbocycles. The highest BCUT2D eigenvalue weighted by molar-refractivity contribution is 8.01. The monoisotopic (exact) mass is 366 g/mol. The van der Waals surface area contributed by atoms with E-state index < -0.39 is 0 Å². The van der Waals surface area contributed by atoms with E-state index in [1.165, 1.54) is 11.3 Å². The Morgan fingerprint density at radius 3 is 2.73 bits per heavy atom. The number of amides is 1. The quantitative estimate of drug-likeness (QED) is 0.752. The molecule has 3 unspecified atom stereocenters. The Kier molecular flexibility index (Phi) is 4.34. The van der Waals surface area contributed by atoms with E-state index in [1.54, 1.807) is 0 Å². The second kappa shape index (κ2) is 6.41. The van der Waals surface area contributed by atoms with Crippen molar-refractivity contribution in [2.45, 2.75) is 43.8 Å². The van der Waals surface area contributed by atoms with Crippen LogP contribution in [0.1, 0.15) is 39.2 Å². The van der Waals surface area contributed by atoms with Crippen molar-refractivity contribution in [2.24, 2.45) is 16.8 Å². The van der Waals surface area contributed by atoms with Gasteiger partial charge < -0.3 is 5.32 Å². The predicted octanol–water partition coefficient (Wildman–Crippen LogP) is 4.96. The third kappa shape index (κ3) is 2.94. The highest BCUT2D eigenvalue weighted by Crippen LogP contribution is 2.53. The smallest absolute Gasteiger partial charge is 0.228 e. The minimum atomic E-state index is -0.00413. The lowest BCUT2D eigenvalue weighted by Crippen LogP contribution is -2.44. The average Bonchev–Trinajstić information content (AvgIpc) is 2.99. The van der Waals surface area contributed by atoms with E-state index in [9.17, 15) is 4.79 Å². The second-order valence-corrected chi connectivity index (χ2v) is 9.80. The maximum Gasteiger partial charge on any atom is 0.228 e. The summed E-state index contributed by atoms with van der Waals surface area (Å²) in [5.74, 6) is 1.21. The Bertz CT molecular complexity index is 800. The molecule has 1 spiro atoms. The summed E-state index contributed by atoms with van der Waals surface area (Å²) in [6, 6.07) is 8.25. The molecule has 4 rings (SSSR count). The van der Waals surface area contributed by atoms with Gasteiger partial charge in [0, 0.05) is 35.7 Å². The molecule has 0 radical (unpaired) electrons. The number of nitrogens with zero attached hydrogens (tertiary/aromatic N) is 1. The number of thioether (sulfide) groups is 1. The van der Waals surface area contributed by atoms with Crippen LogP contribution in [0.4, 0.5) is 5.69 Å². The molecular weight excluding hydrogens is 340 g/mol. The molecule has 26 heavy (non-hydrogen) atoms. The Morgan fingerprint density at radius 2 is 2.00 bits per heavy atom. The fraction of sp³-hybridized carbons (Fsp3) is 0.455. The van der Waals surface area contributed by atoms with Gasteiger partial charge in [0.25, 0.3) is 0 Å². The van der Waals surface area contributed by atoms with E-state index in [0.29, 0.717) is 0 Å². The average molecular weight is 367 g/mol. The number of hydrogen-bond acceptors (Lipinski definition) is 3. The van der Waals surface area contributed by atoms with Crippen molar-refractivity contribution in [2.75, 3.05) is 11.1 Å². The third-order valence-electron chi connectivity index (χ3n) is 5.76. The van der Waals surface area contributed by atoms with Crippen molar-refractivity contribution < 1.29 is 4.79 Å². The zero-order valence-corrected chi connectivity index (χ0v) is 16.5. The van der Waals surface area contributed by atoms with Crippen LogP contribution in [0.3, 0.4) is 0 Å². The summed E-state index contributed by atoms with van der Waals surface area (Å²) in [6.45, 7) is 6.59. The molecule has 1 aromatic rings. The summed E-state index contributed by atoms with van der Waals surface area (Å²) < 4.78 is 0.00159. The number of carbonyl (C=O) groups excluding carboxylic acids is 1. The van der Waals surface area contributed by atoms with Gasteiger partial charge in [-0.1, -0.05) is 51.1 Å². The molecule has 0 bridgehead atoms. The Hall–Kier alpha value is -1.81. The maximum atomic E-state index is 13.0. The number of hydrogen-bond donors (Lipinski definition) is 1. The summed E-state index contributed by atoms with van der Waals surface area (Å²) in [5.41, 5.74) is 3.51. The lowest BCUT2D eigenvalue weighted by atomic mass is 9.73. The molecule has 3 nitrogen and oxygen atoms in total. The molecule has 2 aliphatic heterocycles. The highest BCUT2D eigenvalue weighted by Gasteiger charge is 2.54. The van der Waals surface area contributed by atoms with Gasteiger partial charge in [-0.25, -0.2) is 0 Å². The van der Waals surface area contributed by atoms with Crippen LogP contribution < -0.4 is 5.32 Å². The molecule has 4 heteroatoms. The van der Waals surface area contributed by atoms with Crippen LogP contribution in [0.2, 0.25) is 0 Å². The normalized spacial score (nSPS) is 29.7. The minimum absolute atomic E-state index is 0.00159. The molecule has 1 amide bonds.